The minimum absolute atomic E-state index is 0.00686. The monoisotopic (exact) mass is 336 g/mol. The summed E-state index contributed by atoms with van der Waals surface area (Å²) in [5.74, 6) is -1.08. The molecule has 134 valence electrons. The number of amides is 1. The largest absolute Gasteiger partial charge is 0.480 e. The number of hydrogen-bond donors (Lipinski definition) is 3. The summed E-state index contributed by atoms with van der Waals surface area (Å²) in [5.41, 5.74) is 0. The fourth-order valence-electron chi connectivity index (χ4n) is 3.15. The van der Waals surface area contributed by atoms with Crippen molar-refractivity contribution < 1.29 is 19.4 Å². The molecule has 1 fully saturated rings. The van der Waals surface area contributed by atoms with Crippen LogP contribution in [0.1, 0.15) is 26.7 Å². The Balaban J connectivity index is 3.09. The number of carboxylic acids is 1. The van der Waals surface area contributed by atoms with Crippen molar-refractivity contribution in [2.45, 2.75) is 50.9 Å². The van der Waals surface area contributed by atoms with Crippen molar-refractivity contribution in [3.05, 3.63) is 37.5 Å². The average Bonchev–Trinajstić information content (AvgIpc) is 2.93. The zero-order chi connectivity index (χ0) is 18.1. The normalized spacial score (nSPS) is 26.0. The van der Waals surface area contributed by atoms with Gasteiger partial charge in [0.15, 0.2) is 0 Å². The Morgan fingerprint density at radius 2 is 2.12 bits per heavy atom. The van der Waals surface area contributed by atoms with Crippen LogP contribution in [0.2, 0.25) is 0 Å². The van der Waals surface area contributed by atoms with Crippen LogP contribution >= 0.6 is 0 Å². The Kier molecular flexibility index (Phi) is 8.43. The number of aliphatic carboxylic acids is 1. The fraction of sp³-hybridized carbons (Fsp3) is 0.556. The number of carboxylic acid groups (broad SMARTS) is 1. The van der Waals surface area contributed by atoms with E-state index in [-0.39, 0.29) is 30.0 Å². The van der Waals surface area contributed by atoms with Gasteiger partial charge < -0.3 is 15.2 Å². The SMILES string of the molecule is C=CCO[C@H](CC=C)[C@H](NC(C)=O)[C@@H]1N[C@@H](C(=O)O)C[C@H]1/C=C\C. The van der Waals surface area contributed by atoms with Crippen LogP contribution in [0.25, 0.3) is 0 Å². The molecule has 6 heteroatoms. The van der Waals surface area contributed by atoms with Crippen LogP contribution in [-0.4, -0.2) is 47.8 Å². The molecule has 0 aromatic carbocycles. The second-order valence-electron chi connectivity index (χ2n) is 5.92. The molecule has 1 amide bonds. The van der Waals surface area contributed by atoms with Crippen molar-refractivity contribution in [3.63, 3.8) is 0 Å². The predicted molar refractivity (Wildman–Crippen MR) is 93.6 cm³/mol. The summed E-state index contributed by atoms with van der Waals surface area (Å²) >= 11 is 0. The summed E-state index contributed by atoms with van der Waals surface area (Å²) < 4.78 is 5.81. The molecule has 1 rings (SSSR count). The van der Waals surface area contributed by atoms with Gasteiger partial charge in [-0.15, -0.1) is 13.2 Å². The molecule has 6 nitrogen and oxygen atoms in total. The van der Waals surface area contributed by atoms with E-state index < -0.39 is 12.0 Å². The van der Waals surface area contributed by atoms with E-state index in [9.17, 15) is 14.7 Å². The van der Waals surface area contributed by atoms with Crippen molar-refractivity contribution in [1.82, 2.24) is 10.6 Å². The summed E-state index contributed by atoms with van der Waals surface area (Å²) in [6, 6.07) is -1.25. The molecule has 0 spiro atoms. The maximum atomic E-state index is 11.7. The minimum Gasteiger partial charge on any atom is -0.480 e. The van der Waals surface area contributed by atoms with E-state index in [4.69, 9.17) is 4.74 Å². The van der Waals surface area contributed by atoms with Crippen LogP contribution < -0.4 is 10.6 Å². The van der Waals surface area contributed by atoms with Gasteiger partial charge in [0.1, 0.15) is 6.04 Å². The number of rotatable bonds is 10. The highest BCUT2D eigenvalue weighted by Crippen LogP contribution is 2.27. The maximum absolute atomic E-state index is 11.7. The van der Waals surface area contributed by atoms with E-state index in [1.165, 1.54) is 6.92 Å². The number of carbonyl (C=O) groups is 2. The van der Waals surface area contributed by atoms with E-state index in [2.05, 4.69) is 23.8 Å². The Morgan fingerprint density at radius 1 is 1.42 bits per heavy atom. The molecule has 1 saturated heterocycles. The van der Waals surface area contributed by atoms with Gasteiger partial charge in [0.2, 0.25) is 5.91 Å². The lowest BCUT2D eigenvalue weighted by Crippen LogP contribution is -2.57. The Bertz CT molecular complexity index is 489. The van der Waals surface area contributed by atoms with Gasteiger partial charge in [0.05, 0.1) is 18.8 Å². The number of nitrogens with one attached hydrogen (secondary N) is 2. The minimum atomic E-state index is -0.888. The third-order valence-corrected chi connectivity index (χ3v) is 4.09. The lowest BCUT2D eigenvalue weighted by molar-refractivity contribution is -0.139. The highest BCUT2D eigenvalue weighted by atomic mass is 16.5. The van der Waals surface area contributed by atoms with E-state index >= 15 is 0 Å². The summed E-state index contributed by atoms with van der Waals surface area (Å²) in [6.45, 7) is 11.1. The first-order valence-electron chi connectivity index (χ1n) is 8.16. The van der Waals surface area contributed by atoms with E-state index in [0.717, 1.165) is 0 Å². The molecule has 0 unspecified atom stereocenters. The van der Waals surface area contributed by atoms with Crippen molar-refractivity contribution >= 4 is 11.9 Å². The molecule has 0 saturated carbocycles. The molecule has 1 heterocycles. The Hall–Kier alpha value is -1.92. The second-order valence-corrected chi connectivity index (χ2v) is 5.92. The molecule has 1 aliphatic heterocycles. The number of ether oxygens (including phenoxy) is 1. The molecule has 5 atom stereocenters. The molecule has 0 radical (unpaired) electrons. The van der Waals surface area contributed by atoms with Crippen LogP contribution in [-0.2, 0) is 14.3 Å². The van der Waals surface area contributed by atoms with Crippen LogP contribution in [0.4, 0.5) is 0 Å². The van der Waals surface area contributed by atoms with Gasteiger partial charge in [0.25, 0.3) is 0 Å². The first kappa shape index (κ1) is 20.1. The third kappa shape index (κ3) is 5.62. The number of carbonyl (C=O) groups excluding carboxylic acids is 1. The van der Waals surface area contributed by atoms with Gasteiger partial charge >= 0.3 is 5.97 Å². The number of hydrogen-bond acceptors (Lipinski definition) is 4. The predicted octanol–water partition coefficient (Wildman–Crippen LogP) is 1.65. The van der Waals surface area contributed by atoms with Crippen LogP contribution in [0.3, 0.4) is 0 Å². The van der Waals surface area contributed by atoms with Gasteiger partial charge in [-0.05, 0) is 25.7 Å². The summed E-state index contributed by atoms with van der Waals surface area (Å²) in [7, 11) is 0. The second kappa shape index (κ2) is 10.1. The molecule has 3 N–H and O–H groups in total. The molecule has 0 aromatic heterocycles. The highest BCUT2D eigenvalue weighted by Gasteiger charge is 2.43. The smallest absolute Gasteiger partial charge is 0.320 e. The Morgan fingerprint density at radius 3 is 2.62 bits per heavy atom. The molecular weight excluding hydrogens is 308 g/mol. The van der Waals surface area contributed by atoms with Crippen LogP contribution in [0.5, 0.6) is 0 Å². The standard InChI is InChI=1S/C18H28N2O4/c1-5-8-13-11-14(18(22)23)20-16(13)17(19-12(4)21)15(9-6-2)24-10-7-3/h5-8,13-17,20H,2-3,9-11H2,1,4H3,(H,19,21)(H,22,23)/b8-5-/t13-,14-,15-,16-,17+/m1/s1. The quantitative estimate of drug-likeness (QED) is 0.528. The van der Waals surface area contributed by atoms with Crippen molar-refractivity contribution in [2.24, 2.45) is 5.92 Å². The fourth-order valence-corrected chi connectivity index (χ4v) is 3.15. The zero-order valence-corrected chi connectivity index (χ0v) is 14.4. The molecule has 0 aliphatic carbocycles. The number of allylic oxidation sites excluding steroid dienone is 1. The highest BCUT2D eigenvalue weighted by molar-refractivity contribution is 5.75. The van der Waals surface area contributed by atoms with Gasteiger partial charge in [-0.2, -0.15) is 0 Å². The lowest BCUT2D eigenvalue weighted by Gasteiger charge is -2.34. The zero-order valence-electron chi connectivity index (χ0n) is 14.4. The van der Waals surface area contributed by atoms with Crippen LogP contribution in [0, 0.1) is 5.92 Å². The molecule has 0 aromatic rings. The van der Waals surface area contributed by atoms with Crippen LogP contribution in [0.15, 0.2) is 37.5 Å². The maximum Gasteiger partial charge on any atom is 0.320 e. The van der Waals surface area contributed by atoms with E-state index in [1.807, 2.05) is 19.1 Å². The first-order valence-corrected chi connectivity index (χ1v) is 8.16. The van der Waals surface area contributed by atoms with Crippen molar-refractivity contribution in [3.8, 4) is 0 Å². The van der Waals surface area contributed by atoms with Crippen molar-refractivity contribution in [1.29, 1.82) is 0 Å². The lowest BCUT2D eigenvalue weighted by atomic mass is 9.89. The van der Waals surface area contributed by atoms with Gasteiger partial charge in [-0.1, -0.05) is 24.3 Å². The molecule has 0 bridgehead atoms. The van der Waals surface area contributed by atoms with Crippen molar-refractivity contribution in [2.75, 3.05) is 6.61 Å². The van der Waals surface area contributed by atoms with E-state index in [1.54, 1.807) is 12.2 Å². The summed E-state index contributed by atoms with van der Waals surface area (Å²) in [5, 5.41) is 15.4. The summed E-state index contributed by atoms with van der Waals surface area (Å²) in [6.07, 6.45) is 7.96. The first-order chi connectivity index (χ1) is 11.4. The third-order valence-electron chi connectivity index (χ3n) is 4.09. The molecular formula is C18H28N2O4. The van der Waals surface area contributed by atoms with Gasteiger partial charge in [-0.3, -0.25) is 14.9 Å². The average molecular weight is 336 g/mol. The molecule has 24 heavy (non-hydrogen) atoms. The van der Waals surface area contributed by atoms with E-state index in [0.29, 0.717) is 19.4 Å². The van der Waals surface area contributed by atoms with Gasteiger partial charge in [0, 0.05) is 13.0 Å². The molecule has 1 aliphatic rings. The summed E-state index contributed by atoms with van der Waals surface area (Å²) in [4.78, 5) is 23.1. The topological polar surface area (TPSA) is 87.7 Å². The Labute approximate surface area is 143 Å². The van der Waals surface area contributed by atoms with Gasteiger partial charge in [-0.25, -0.2) is 0 Å².